The highest BCUT2D eigenvalue weighted by Gasteiger charge is 2.41. The highest BCUT2D eigenvalue weighted by molar-refractivity contribution is 6.32. The van der Waals surface area contributed by atoms with E-state index in [1.165, 1.54) is 0 Å². The quantitative estimate of drug-likeness (QED) is 0.654. The van der Waals surface area contributed by atoms with Crippen molar-refractivity contribution >= 4 is 23.4 Å². The van der Waals surface area contributed by atoms with Gasteiger partial charge in [0, 0.05) is 56.3 Å². The summed E-state index contributed by atoms with van der Waals surface area (Å²) in [5, 5.41) is 10.6. The monoisotopic (exact) mass is 502 g/mol. The van der Waals surface area contributed by atoms with Gasteiger partial charge in [-0.25, -0.2) is 4.98 Å². The zero-order chi connectivity index (χ0) is 25.2. The van der Waals surface area contributed by atoms with E-state index in [2.05, 4.69) is 4.98 Å². The van der Waals surface area contributed by atoms with Crippen LogP contribution in [-0.4, -0.2) is 75.2 Å². The minimum absolute atomic E-state index is 0.0519. The number of amides is 2. The van der Waals surface area contributed by atoms with E-state index < -0.39 is 5.41 Å². The molecule has 2 amide bonds. The number of aromatic nitrogens is 2. The van der Waals surface area contributed by atoms with Gasteiger partial charge in [-0.15, -0.1) is 0 Å². The van der Waals surface area contributed by atoms with E-state index in [9.17, 15) is 14.7 Å². The van der Waals surface area contributed by atoms with Crippen LogP contribution in [0.3, 0.4) is 0 Å². The summed E-state index contributed by atoms with van der Waals surface area (Å²) in [6.07, 6.45) is 6.06. The van der Waals surface area contributed by atoms with Crippen LogP contribution in [-0.2, 0) is 11.8 Å². The summed E-state index contributed by atoms with van der Waals surface area (Å²) in [4.78, 5) is 34.4. The third-order valence-electron chi connectivity index (χ3n) is 7.17. The molecule has 0 unspecified atom stereocenters. The number of hydrogen-bond donors (Lipinski definition) is 1. The van der Waals surface area contributed by atoms with Gasteiger partial charge in [0.2, 0.25) is 5.91 Å². The second-order valence-corrected chi connectivity index (χ2v) is 10.6. The maximum atomic E-state index is 13.3. The highest BCUT2D eigenvalue weighted by atomic mass is 35.5. The van der Waals surface area contributed by atoms with Gasteiger partial charge in [-0.1, -0.05) is 11.6 Å². The number of ether oxygens (including phenoxy) is 1. The van der Waals surface area contributed by atoms with Crippen molar-refractivity contribution in [3.05, 3.63) is 46.5 Å². The summed E-state index contributed by atoms with van der Waals surface area (Å²) in [5.41, 5.74) is 1.77. The molecule has 2 aromatic rings. The lowest BCUT2D eigenvalue weighted by molar-refractivity contribution is -0.137. The van der Waals surface area contributed by atoms with Crippen LogP contribution in [0.2, 0.25) is 5.02 Å². The topological polar surface area (TPSA) is 87.9 Å². The number of aliphatic hydroxyl groups is 1. The van der Waals surface area contributed by atoms with Crippen molar-refractivity contribution in [2.75, 3.05) is 32.8 Å². The Morgan fingerprint density at radius 3 is 2.49 bits per heavy atom. The van der Waals surface area contributed by atoms with Gasteiger partial charge in [0.15, 0.2) is 0 Å². The van der Waals surface area contributed by atoms with Gasteiger partial charge in [-0.2, -0.15) is 0 Å². The van der Waals surface area contributed by atoms with Crippen LogP contribution in [0.4, 0.5) is 0 Å². The van der Waals surface area contributed by atoms with Crippen LogP contribution in [0, 0.1) is 19.3 Å². The van der Waals surface area contributed by atoms with Gasteiger partial charge in [0.25, 0.3) is 5.91 Å². The maximum absolute atomic E-state index is 13.3. The lowest BCUT2D eigenvalue weighted by Gasteiger charge is -2.43. The average molecular weight is 503 g/mol. The number of likely N-dealkylation sites (tertiary alicyclic amines) is 2. The smallest absolute Gasteiger partial charge is 0.274 e. The molecule has 0 saturated carbocycles. The summed E-state index contributed by atoms with van der Waals surface area (Å²) in [6, 6.07) is 3.83. The fourth-order valence-electron chi connectivity index (χ4n) is 5.15. The molecule has 1 aromatic heterocycles. The van der Waals surface area contributed by atoms with Gasteiger partial charge in [0.1, 0.15) is 11.4 Å². The molecular weight excluding hydrogens is 468 g/mol. The Morgan fingerprint density at radius 1 is 1.17 bits per heavy atom. The van der Waals surface area contributed by atoms with Crippen molar-refractivity contribution in [1.82, 2.24) is 19.4 Å². The van der Waals surface area contributed by atoms with Gasteiger partial charge >= 0.3 is 0 Å². The van der Waals surface area contributed by atoms with E-state index in [1.807, 2.05) is 37.9 Å². The van der Waals surface area contributed by atoms with E-state index in [0.717, 1.165) is 29.0 Å². The van der Waals surface area contributed by atoms with Crippen LogP contribution in [0.5, 0.6) is 5.75 Å². The molecule has 2 saturated heterocycles. The van der Waals surface area contributed by atoms with Crippen molar-refractivity contribution in [1.29, 1.82) is 0 Å². The van der Waals surface area contributed by atoms with Crippen molar-refractivity contribution in [2.24, 2.45) is 12.5 Å². The maximum Gasteiger partial charge on any atom is 0.274 e. The number of carbonyl (C=O) groups is 2. The van der Waals surface area contributed by atoms with Crippen molar-refractivity contribution in [3.8, 4) is 5.75 Å². The van der Waals surface area contributed by atoms with Crippen LogP contribution in [0.25, 0.3) is 0 Å². The van der Waals surface area contributed by atoms with Gasteiger partial charge < -0.3 is 24.2 Å². The molecule has 3 heterocycles. The van der Waals surface area contributed by atoms with E-state index in [-0.39, 0.29) is 17.9 Å². The largest absolute Gasteiger partial charge is 0.493 e. The van der Waals surface area contributed by atoms with Crippen LogP contribution in [0.1, 0.15) is 53.7 Å². The van der Waals surface area contributed by atoms with E-state index in [0.29, 0.717) is 63.5 Å². The number of halogens is 1. The van der Waals surface area contributed by atoms with Gasteiger partial charge in [-0.05, 0) is 62.8 Å². The third-order valence-corrected chi connectivity index (χ3v) is 7.77. The van der Waals surface area contributed by atoms with Crippen molar-refractivity contribution in [3.63, 3.8) is 0 Å². The Morgan fingerprint density at radius 2 is 1.86 bits per heavy atom. The third kappa shape index (κ3) is 5.98. The first kappa shape index (κ1) is 25.5. The number of rotatable bonds is 6. The number of hydrogen-bond acceptors (Lipinski definition) is 5. The SMILES string of the molecule is Cc1cc(OC[C@@]2(CC(=O)N3CCC(O)CC3)CCCN(C(=O)c3cn(C)cn3)C2)cc(C)c1Cl. The molecule has 4 rings (SSSR count). The minimum Gasteiger partial charge on any atom is -0.493 e. The van der Waals surface area contributed by atoms with E-state index >= 15 is 0 Å². The number of imidazole rings is 1. The summed E-state index contributed by atoms with van der Waals surface area (Å²) >= 11 is 6.33. The molecular formula is C26H35ClN4O4. The van der Waals surface area contributed by atoms with Crippen molar-refractivity contribution in [2.45, 2.75) is 52.1 Å². The molecule has 0 spiro atoms. The minimum atomic E-state index is -0.517. The number of aryl methyl sites for hydroxylation is 3. The Hall–Kier alpha value is -2.58. The lowest BCUT2D eigenvalue weighted by Crippen LogP contribution is -2.51. The predicted molar refractivity (Wildman–Crippen MR) is 134 cm³/mol. The fourth-order valence-corrected chi connectivity index (χ4v) is 5.26. The summed E-state index contributed by atoms with van der Waals surface area (Å²) in [5.74, 6) is 0.642. The first-order valence-corrected chi connectivity index (χ1v) is 12.7. The Kier molecular flexibility index (Phi) is 7.71. The Labute approximate surface area is 211 Å². The zero-order valence-corrected chi connectivity index (χ0v) is 21.6. The van der Waals surface area contributed by atoms with E-state index in [4.69, 9.17) is 16.3 Å². The number of piperidine rings is 2. The zero-order valence-electron chi connectivity index (χ0n) is 20.8. The summed E-state index contributed by atoms with van der Waals surface area (Å²) in [6.45, 7) is 6.38. The number of benzene rings is 1. The molecule has 2 aliphatic heterocycles. The first-order valence-electron chi connectivity index (χ1n) is 12.3. The molecule has 1 atom stereocenters. The molecule has 2 fully saturated rings. The number of carbonyl (C=O) groups excluding carboxylic acids is 2. The predicted octanol–water partition coefficient (Wildman–Crippen LogP) is 3.37. The number of nitrogens with zero attached hydrogens (tertiary/aromatic N) is 4. The normalized spacial score (nSPS) is 21.3. The van der Waals surface area contributed by atoms with Crippen LogP contribution < -0.4 is 4.74 Å². The standard InChI is InChI=1S/C26H35ClN4O4/c1-18-11-21(12-19(2)24(18)27)35-16-26(13-23(33)30-9-5-20(32)6-10-30)7-4-8-31(15-26)25(34)22-14-29(3)17-28-22/h11-12,14,17,20,32H,4-10,13,15-16H2,1-3H3/t26-/m1/s1. The molecule has 0 radical (unpaired) electrons. The molecule has 2 aliphatic rings. The molecule has 35 heavy (non-hydrogen) atoms. The lowest BCUT2D eigenvalue weighted by atomic mass is 9.77. The first-order chi connectivity index (χ1) is 16.7. The molecule has 9 heteroatoms. The molecule has 1 aromatic carbocycles. The van der Waals surface area contributed by atoms with E-state index in [1.54, 1.807) is 22.0 Å². The van der Waals surface area contributed by atoms with Crippen molar-refractivity contribution < 1.29 is 19.4 Å². The fraction of sp³-hybridized carbons (Fsp3) is 0.577. The Balaban J connectivity index is 1.54. The molecule has 0 aliphatic carbocycles. The molecule has 0 bridgehead atoms. The average Bonchev–Trinajstić information content (AvgIpc) is 3.27. The molecule has 8 nitrogen and oxygen atoms in total. The van der Waals surface area contributed by atoms with Gasteiger partial charge in [0.05, 0.1) is 19.0 Å². The van der Waals surface area contributed by atoms with Gasteiger partial charge in [-0.3, -0.25) is 9.59 Å². The van der Waals surface area contributed by atoms with Crippen LogP contribution >= 0.6 is 11.6 Å². The van der Waals surface area contributed by atoms with Crippen LogP contribution in [0.15, 0.2) is 24.7 Å². The number of aliphatic hydroxyl groups excluding tert-OH is 1. The molecule has 1 N–H and O–H groups in total. The molecule has 190 valence electrons. The summed E-state index contributed by atoms with van der Waals surface area (Å²) in [7, 11) is 1.84. The second-order valence-electron chi connectivity index (χ2n) is 10.2. The highest BCUT2D eigenvalue weighted by Crippen LogP contribution is 2.37. The Bertz CT molecular complexity index is 1060. The second kappa shape index (κ2) is 10.6. The summed E-state index contributed by atoms with van der Waals surface area (Å²) < 4.78 is 8.04.